The summed E-state index contributed by atoms with van der Waals surface area (Å²) in [6.07, 6.45) is 0. The highest BCUT2D eigenvalue weighted by atomic mass is 16.5. The maximum atomic E-state index is 12.5. The van der Waals surface area contributed by atoms with Crippen LogP contribution in [-0.4, -0.2) is 19.6 Å². The number of methoxy groups -OCH3 is 1. The number of rotatable bonds is 7. The molecule has 0 bridgehead atoms. The van der Waals surface area contributed by atoms with Crippen molar-refractivity contribution < 1.29 is 14.3 Å². The normalized spacial score (nSPS) is 10.6. The lowest BCUT2D eigenvalue weighted by Gasteiger charge is -2.20. The number of carbonyl (C=O) groups is 1. The zero-order valence-electron chi connectivity index (χ0n) is 16.5. The van der Waals surface area contributed by atoms with E-state index in [-0.39, 0.29) is 12.5 Å². The third-order valence-corrected chi connectivity index (χ3v) is 4.29. The van der Waals surface area contributed by atoms with Gasteiger partial charge in [0.05, 0.1) is 18.7 Å². The molecule has 27 heavy (non-hydrogen) atoms. The lowest BCUT2D eigenvalue weighted by molar-refractivity contribution is -0.118. The number of nitrogens with one attached hydrogen (secondary N) is 1. The van der Waals surface area contributed by atoms with Gasteiger partial charge in [-0.1, -0.05) is 45.9 Å². The Morgan fingerprint density at radius 3 is 2.22 bits per heavy atom. The Labute approximate surface area is 160 Å². The molecule has 5 nitrogen and oxygen atoms in total. The van der Waals surface area contributed by atoms with Gasteiger partial charge in [-0.3, -0.25) is 4.79 Å². The van der Waals surface area contributed by atoms with Gasteiger partial charge in [0.15, 0.2) is 18.1 Å². The molecule has 0 spiro atoms. The Bertz CT molecular complexity index is 825. The van der Waals surface area contributed by atoms with E-state index in [0.717, 1.165) is 16.8 Å². The van der Waals surface area contributed by atoms with Crippen LogP contribution in [0.3, 0.4) is 0 Å². The summed E-state index contributed by atoms with van der Waals surface area (Å²) in [7, 11) is 1.50. The third-order valence-electron chi connectivity index (χ3n) is 4.29. The van der Waals surface area contributed by atoms with E-state index < -0.39 is 0 Å². The molecule has 142 valence electrons. The number of hydrogen-bond donors (Lipinski definition) is 1. The first-order chi connectivity index (χ1) is 12.9. The number of anilines is 1. The molecule has 0 radical (unpaired) electrons. The van der Waals surface area contributed by atoms with Crippen LogP contribution in [0.1, 0.15) is 56.2 Å². The standard InChI is InChI=1S/C22H26N2O3/c1-14(2)17-7-6-8-18(15(3)4)22(17)24-21(25)13-27-19-10-9-16(12-23)11-20(19)26-5/h6-11,14-15H,13H2,1-5H3,(H,24,25). The van der Waals surface area contributed by atoms with Crippen LogP contribution in [0.4, 0.5) is 5.69 Å². The molecule has 0 saturated heterocycles. The summed E-state index contributed by atoms with van der Waals surface area (Å²) in [6.45, 7) is 8.27. The molecule has 1 amide bonds. The lowest BCUT2D eigenvalue weighted by atomic mass is 9.92. The van der Waals surface area contributed by atoms with Crippen molar-refractivity contribution >= 4 is 11.6 Å². The molecule has 0 aliphatic carbocycles. The summed E-state index contributed by atoms with van der Waals surface area (Å²) >= 11 is 0. The van der Waals surface area contributed by atoms with Gasteiger partial charge in [0, 0.05) is 11.8 Å². The second-order valence-electron chi connectivity index (χ2n) is 6.94. The molecule has 0 aliphatic rings. The topological polar surface area (TPSA) is 71.3 Å². The number of amides is 1. The van der Waals surface area contributed by atoms with Crippen molar-refractivity contribution in [2.75, 3.05) is 19.0 Å². The van der Waals surface area contributed by atoms with Gasteiger partial charge < -0.3 is 14.8 Å². The minimum Gasteiger partial charge on any atom is -0.493 e. The van der Waals surface area contributed by atoms with E-state index >= 15 is 0 Å². The fraction of sp³-hybridized carbons (Fsp3) is 0.364. The third kappa shape index (κ3) is 5.01. The molecular weight excluding hydrogens is 340 g/mol. The predicted molar refractivity (Wildman–Crippen MR) is 106 cm³/mol. The van der Waals surface area contributed by atoms with E-state index in [1.165, 1.54) is 7.11 Å². The van der Waals surface area contributed by atoms with E-state index in [1.807, 2.05) is 24.3 Å². The Hall–Kier alpha value is -3.00. The molecule has 2 aromatic carbocycles. The molecule has 0 saturated carbocycles. The Morgan fingerprint density at radius 2 is 1.70 bits per heavy atom. The van der Waals surface area contributed by atoms with Crippen LogP contribution in [0, 0.1) is 11.3 Å². The molecule has 0 aromatic heterocycles. The summed E-state index contributed by atoms with van der Waals surface area (Å²) < 4.78 is 10.8. The molecule has 5 heteroatoms. The highest BCUT2D eigenvalue weighted by molar-refractivity contribution is 5.93. The lowest BCUT2D eigenvalue weighted by Crippen LogP contribution is -2.22. The average molecular weight is 366 g/mol. The number of ether oxygens (including phenoxy) is 2. The number of nitrogens with zero attached hydrogens (tertiary/aromatic N) is 1. The molecule has 0 aliphatic heterocycles. The van der Waals surface area contributed by atoms with Crippen LogP contribution in [0.15, 0.2) is 36.4 Å². The van der Waals surface area contributed by atoms with Gasteiger partial charge >= 0.3 is 0 Å². The van der Waals surface area contributed by atoms with Crippen molar-refractivity contribution in [2.24, 2.45) is 0 Å². The Kier molecular flexibility index (Phi) is 6.84. The monoisotopic (exact) mass is 366 g/mol. The smallest absolute Gasteiger partial charge is 0.262 e. The second-order valence-corrected chi connectivity index (χ2v) is 6.94. The number of hydrogen-bond acceptors (Lipinski definition) is 4. The largest absolute Gasteiger partial charge is 0.493 e. The summed E-state index contributed by atoms with van der Waals surface area (Å²) in [5.74, 6) is 1.19. The summed E-state index contributed by atoms with van der Waals surface area (Å²) in [5.41, 5.74) is 3.54. The average Bonchev–Trinajstić information content (AvgIpc) is 2.65. The van der Waals surface area contributed by atoms with Crippen molar-refractivity contribution in [3.05, 3.63) is 53.1 Å². The molecule has 0 heterocycles. The van der Waals surface area contributed by atoms with Crippen molar-refractivity contribution in [1.29, 1.82) is 5.26 Å². The summed E-state index contributed by atoms with van der Waals surface area (Å²) in [6, 6.07) is 13.0. The first kappa shape index (κ1) is 20.3. The van der Waals surface area contributed by atoms with E-state index in [1.54, 1.807) is 18.2 Å². The van der Waals surface area contributed by atoms with Crippen LogP contribution in [-0.2, 0) is 4.79 Å². The molecule has 1 N–H and O–H groups in total. The molecule has 0 atom stereocenters. The summed E-state index contributed by atoms with van der Waals surface area (Å²) in [5, 5.41) is 12.0. The zero-order valence-corrected chi connectivity index (χ0v) is 16.5. The Morgan fingerprint density at radius 1 is 1.07 bits per heavy atom. The molecule has 2 rings (SSSR count). The highest BCUT2D eigenvalue weighted by Crippen LogP contribution is 2.32. The first-order valence-corrected chi connectivity index (χ1v) is 9.01. The SMILES string of the molecule is COc1cc(C#N)ccc1OCC(=O)Nc1c(C(C)C)cccc1C(C)C. The quantitative estimate of drug-likeness (QED) is 0.762. The highest BCUT2D eigenvalue weighted by Gasteiger charge is 2.16. The van der Waals surface area contributed by atoms with Gasteiger partial charge in [-0.25, -0.2) is 0 Å². The minimum absolute atomic E-state index is 0.147. The van der Waals surface area contributed by atoms with Gasteiger partial charge in [0.25, 0.3) is 5.91 Å². The zero-order chi connectivity index (χ0) is 20.0. The van der Waals surface area contributed by atoms with Gasteiger partial charge in [0.1, 0.15) is 0 Å². The molecular formula is C22H26N2O3. The number of benzene rings is 2. The predicted octanol–water partition coefficient (Wildman–Crippen LogP) is 4.83. The first-order valence-electron chi connectivity index (χ1n) is 9.01. The fourth-order valence-electron chi connectivity index (χ4n) is 2.87. The second kappa shape index (κ2) is 9.09. The van der Waals surface area contributed by atoms with Gasteiger partial charge in [-0.2, -0.15) is 5.26 Å². The van der Waals surface area contributed by atoms with Crippen LogP contribution in [0.25, 0.3) is 0 Å². The number of para-hydroxylation sites is 1. The maximum Gasteiger partial charge on any atom is 0.262 e. The van der Waals surface area contributed by atoms with Crippen molar-refractivity contribution in [1.82, 2.24) is 0 Å². The van der Waals surface area contributed by atoms with Crippen LogP contribution in [0.2, 0.25) is 0 Å². The van der Waals surface area contributed by atoms with E-state index in [0.29, 0.717) is 28.9 Å². The number of carbonyl (C=O) groups excluding carboxylic acids is 1. The van der Waals surface area contributed by atoms with E-state index in [9.17, 15) is 4.79 Å². The van der Waals surface area contributed by atoms with Gasteiger partial charge in [0.2, 0.25) is 0 Å². The Balaban J connectivity index is 2.16. The van der Waals surface area contributed by atoms with Crippen LogP contribution >= 0.6 is 0 Å². The summed E-state index contributed by atoms with van der Waals surface area (Å²) in [4.78, 5) is 12.5. The fourth-order valence-corrected chi connectivity index (χ4v) is 2.87. The minimum atomic E-state index is -0.239. The van der Waals surface area contributed by atoms with Gasteiger partial charge in [-0.15, -0.1) is 0 Å². The van der Waals surface area contributed by atoms with Gasteiger partial charge in [-0.05, 0) is 35.1 Å². The van der Waals surface area contributed by atoms with E-state index in [4.69, 9.17) is 14.7 Å². The van der Waals surface area contributed by atoms with E-state index in [2.05, 4.69) is 33.0 Å². The molecule has 2 aromatic rings. The van der Waals surface area contributed by atoms with Crippen molar-refractivity contribution in [2.45, 2.75) is 39.5 Å². The van der Waals surface area contributed by atoms with Crippen LogP contribution in [0.5, 0.6) is 11.5 Å². The van der Waals surface area contributed by atoms with Crippen molar-refractivity contribution in [3.63, 3.8) is 0 Å². The van der Waals surface area contributed by atoms with Crippen LogP contribution < -0.4 is 14.8 Å². The molecule has 0 unspecified atom stereocenters. The number of nitriles is 1. The van der Waals surface area contributed by atoms with Crippen molar-refractivity contribution in [3.8, 4) is 17.6 Å². The maximum absolute atomic E-state index is 12.5. The molecule has 0 fully saturated rings.